The molecule has 0 spiro atoms. The van der Waals surface area contributed by atoms with Crippen LogP contribution in [0, 0.1) is 0 Å². The third kappa shape index (κ3) is 1.49. The van der Waals surface area contributed by atoms with Crippen molar-refractivity contribution in [2.75, 3.05) is 0 Å². The van der Waals surface area contributed by atoms with E-state index >= 15 is 0 Å². The first-order valence-electron chi connectivity index (χ1n) is 4.54. The Morgan fingerprint density at radius 1 is 0.933 bits per heavy atom. The lowest BCUT2D eigenvalue weighted by atomic mass is 10.3. The minimum Gasteiger partial charge on any atom is -0.265 e. The van der Waals surface area contributed by atoms with E-state index in [4.69, 9.17) is 0 Å². The van der Waals surface area contributed by atoms with Gasteiger partial charge in [-0.25, -0.2) is 4.98 Å². The molecule has 0 unspecified atom stereocenters. The standard InChI is InChI=1S/C11H7N3S/c1-4-12-5-2-8(1)11-14-9-7-13-6-3-10(9)15-11/h1-7H. The third-order valence-corrected chi connectivity index (χ3v) is 3.20. The fourth-order valence-corrected chi connectivity index (χ4v) is 2.34. The highest BCUT2D eigenvalue weighted by Crippen LogP contribution is 2.28. The van der Waals surface area contributed by atoms with E-state index in [1.807, 2.05) is 18.2 Å². The Morgan fingerprint density at radius 3 is 2.53 bits per heavy atom. The monoisotopic (exact) mass is 213 g/mol. The van der Waals surface area contributed by atoms with Crippen molar-refractivity contribution >= 4 is 21.6 Å². The zero-order valence-electron chi connectivity index (χ0n) is 7.79. The lowest BCUT2D eigenvalue weighted by Crippen LogP contribution is -1.76. The molecule has 0 bridgehead atoms. The highest BCUT2D eigenvalue weighted by Gasteiger charge is 2.04. The topological polar surface area (TPSA) is 38.7 Å². The SMILES string of the molecule is c1cc(-c2nc3cnccc3s2)ccn1. The first-order valence-corrected chi connectivity index (χ1v) is 5.36. The summed E-state index contributed by atoms with van der Waals surface area (Å²) in [4.78, 5) is 12.6. The molecular formula is C11H7N3S. The van der Waals surface area contributed by atoms with Crippen molar-refractivity contribution in [3.8, 4) is 10.6 Å². The molecule has 0 atom stereocenters. The molecule has 3 aromatic rings. The molecule has 3 heterocycles. The Morgan fingerprint density at radius 2 is 1.73 bits per heavy atom. The molecule has 3 rings (SSSR count). The van der Waals surface area contributed by atoms with Gasteiger partial charge in [-0.2, -0.15) is 0 Å². The van der Waals surface area contributed by atoms with Gasteiger partial charge in [0, 0.05) is 24.2 Å². The molecule has 15 heavy (non-hydrogen) atoms. The van der Waals surface area contributed by atoms with Gasteiger partial charge in [-0.15, -0.1) is 11.3 Å². The van der Waals surface area contributed by atoms with E-state index in [-0.39, 0.29) is 0 Å². The van der Waals surface area contributed by atoms with Gasteiger partial charge >= 0.3 is 0 Å². The van der Waals surface area contributed by atoms with Crippen LogP contribution in [0.25, 0.3) is 20.8 Å². The van der Waals surface area contributed by atoms with Gasteiger partial charge in [-0.3, -0.25) is 9.97 Å². The molecule has 0 aliphatic heterocycles. The summed E-state index contributed by atoms with van der Waals surface area (Å²) < 4.78 is 1.16. The highest BCUT2D eigenvalue weighted by atomic mass is 32.1. The van der Waals surface area contributed by atoms with Gasteiger partial charge in [0.2, 0.25) is 0 Å². The van der Waals surface area contributed by atoms with Crippen LogP contribution in [0.3, 0.4) is 0 Å². The number of nitrogens with zero attached hydrogens (tertiary/aromatic N) is 3. The third-order valence-electron chi connectivity index (χ3n) is 2.12. The summed E-state index contributed by atoms with van der Waals surface area (Å²) in [5, 5.41) is 1.01. The predicted octanol–water partition coefficient (Wildman–Crippen LogP) is 2.75. The average Bonchev–Trinajstić information content (AvgIpc) is 2.74. The first kappa shape index (κ1) is 8.49. The summed E-state index contributed by atoms with van der Waals surface area (Å²) in [6, 6.07) is 5.91. The van der Waals surface area contributed by atoms with Crippen molar-refractivity contribution in [3.05, 3.63) is 43.0 Å². The Hall–Kier alpha value is -1.81. The molecule has 0 N–H and O–H groups in total. The summed E-state index contributed by atoms with van der Waals surface area (Å²) in [7, 11) is 0. The molecular weight excluding hydrogens is 206 g/mol. The van der Waals surface area contributed by atoms with E-state index in [1.165, 1.54) is 0 Å². The van der Waals surface area contributed by atoms with Crippen LogP contribution in [0.2, 0.25) is 0 Å². The number of fused-ring (bicyclic) bond motifs is 1. The number of hydrogen-bond acceptors (Lipinski definition) is 4. The smallest absolute Gasteiger partial charge is 0.124 e. The maximum Gasteiger partial charge on any atom is 0.124 e. The Balaban J connectivity index is 2.21. The van der Waals surface area contributed by atoms with E-state index in [0.29, 0.717) is 0 Å². The van der Waals surface area contributed by atoms with Gasteiger partial charge < -0.3 is 0 Å². The normalized spacial score (nSPS) is 10.7. The van der Waals surface area contributed by atoms with Crippen LogP contribution in [0.1, 0.15) is 0 Å². The van der Waals surface area contributed by atoms with Gasteiger partial charge in [0.1, 0.15) is 10.5 Å². The molecule has 0 saturated heterocycles. The van der Waals surface area contributed by atoms with E-state index < -0.39 is 0 Å². The molecule has 0 aliphatic rings. The van der Waals surface area contributed by atoms with Crippen LogP contribution >= 0.6 is 11.3 Å². The van der Waals surface area contributed by atoms with E-state index in [1.54, 1.807) is 36.1 Å². The molecule has 0 aromatic carbocycles. The number of hydrogen-bond donors (Lipinski definition) is 0. The fourth-order valence-electron chi connectivity index (χ4n) is 1.40. The lowest BCUT2D eigenvalue weighted by Gasteiger charge is -1.91. The Bertz CT molecular complexity index is 556. The highest BCUT2D eigenvalue weighted by molar-refractivity contribution is 7.21. The maximum atomic E-state index is 4.51. The second-order valence-electron chi connectivity index (χ2n) is 3.10. The molecule has 0 saturated carbocycles. The number of aromatic nitrogens is 3. The van der Waals surface area contributed by atoms with E-state index in [0.717, 1.165) is 20.8 Å². The molecule has 0 radical (unpaired) electrons. The Kier molecular flexibility index (Phi) is 1.93. The number of pyridine rings is 2. The summed E-state index contributed by atoms with van der Waals surface area (Å²) in [5.41, 5.74) is 2.06. The van der Waals surface area contributed by atoms with Crippen molar-refractivity contribution in [2.24, 2.45) is 0 Å². The fraction of sp³-hybridized carbons (Fsp3) is 0. The van der Waals surface area contributed by atoms with Gasteiger partial charge in [0.25, 0.3) is 0 Å². The predicted molar refractivity (Wildman–Crippen MR) is 60.6 cm³/mol. The largest absolute Gasteiger partial charge is 0.265 e. The Labute approximate surface area is 90.5 Å². The number of rotatable bonds is 1. The van der Waals surface area contributed by atoms with Crippen LogP contribution < -0.4 is 0 Å². The minimum atomic E-state index is 0.953. The van der Waals surface area contributed by atoms with E-state index in [9.17, 15) is 0 Å². The quantitative estimate of drug-likeness (QED) is 0.624. The molecule has 72 valence electrons. The van der Waals surface area contributed by atoms with Gasteiger partial charge in [0.15, 0.2) is 0 Å². The second kappa shape index (κ2) is 3.40. The van der Waals surface area contributed by atoms with Crippen molar-refractivity contribution in [3.63, 3.8) is 0 Å². The maximum absolute atomic E-state index is 4.51. The minimum absolute atomic E-state index is 0.953. The van der Waals surface area contributed by atoms with Crippen LogP contribution in [0.4, 0.5) is 0 Å². The summed E-state index contributed by atoms with van der Waals surface area (Å²) in [6.07, 6.45) is 7.13. The zero-order valence-corrected chi connectivity index (χ0v) is 8.61. The van der Waals surface area contributed by atoms with Crippen LogP contribution in [0.5, 0.6) is 0 Å². The second-order valence-corrected chi connectivity index (χ2v) is 4.13. The summed E-state index contributed by atoms with van der Waals surface area (Å²) in [5.74, 6) is 0. The average molecular weight is 213 g/mol. The van der Waals surface area contributed by atoms with Crippen LogP contribution in [-0.4, -0.2) is 15.0 Å². The van der Waals surface area contributed by atoms with Crippen molar-refractivity contribution < 1.29 is 0 Å². The summed E-state index contributed by atoms with van der Waals surface area (Å²) in [6.45, 7) is 0. The van der Waals surface area contributed by atoms with E-state index in [2.05, 4.69) is 15.0 Å². The number of thiazole rings is 1. The molecule has 3 nitrogen and oxygen atoms in total. The van der Waals surface area contributed by atoms with Gasteiger partial charge in [0.05, 0.1) is 10.9 Å². The van der Waals surface area contributed by atoms with Crippen LogP contribution in [-0.2, 0) is 0 Å². The van der Waals surface area contributed by atoms with Crippen molar-refractivity contribution in [1.82, 2.24) is 15.0 Å². The van der Waals surface area contributed by atoms with Crippen molar-refractivity contribution in [1.29, 1.82) is 0 Å². The zero-order chi connectivity index (χ0) is 10.1. The van der Waals surface area contributed by atoms with Gasteiger partial charge in [-0.05, 0) is 18.2 Å². The van der Waals surface area contributed by atoms with Gasteiger partial charge in [-0.1, -0.05) is 0 Å². The lowest BCUT2D eigenvalue weighted by molar-refractivity contribution is 1.31. The molecule has 4 heteroatoms. The first-order chi connectivity index (χ1) is 7.43. The summed E-state index contributed by atoms with van der Waals surface area (Å²) >= 11 is 1.67. The van der Waals surface area contributed by atoms with Crippen LogP contribution in [0.15, 0.2) is 43.0 Å². The van der Waals surface area contributed by atoms with Crippen molar-refractivity contribution in [2.45, 2.75) is 0 Å². The molecule has 0 fully saturated rings. The molecule has 3 aromatic heterocycles. The molecule has 0 amide bonds. The molecule has 0 aliphatic carbocycles.